The highest BCUT2D eigenvalue weighted by atomic mass is 15.1. The minimum absolute atomic E-state index is 0.157. The summed E-state index contributed by atoms with van der Waals surface area (Å²) in [6.45, 7) is 4.76. The monoisotopic (exact) mass is 840 g/mol. The second kappa shape index (κ2) is 13.7. The number of fused-ring (bicyclic) bond motifs is 16. The molecule has 0 amide bonds. The van der Waals surface area contributed by atoms with Crippen LogP contribution >= 0.6 is 0 Å². The Labute approximate surface area is 385 Å². The van der Waals surface area contributed by atoms with Gasteiger partial charge in [0.15, 0.2) is 0 Å². The molecule has 0 radical (unpaired) electrons. The minimum Gasteiger partial charge on any atom is -0.310 e. The quantitative estimate of drug-likeness (QED) is 0.168. The summed E-state index contributed by atoms with van der Waals surface area (Å²) in [5.74, 6) is 0. The largest absolute Gasteiger partial charge is 0.310 e. The second-order valence-electron chi connectivity index (χ2n) is 18.8. The summed E-state index contributed by atoms with van der Waals surface area (Å²) in [5.41, 5.74) is 24.6. The highest BCUT2D eigenvalue weighted by molar-refractivity contribution is 6.09. The molecule has 11 aromatic rings. The number of rotatable bonds is 5. The first kappa shape index (κ1) is 37.2. The van der Waals surface area contributed by atoms with E-state index < -0.39 is 5.41 Å². The fourth-order valence-electron chi connectivity index (χ4n) is 12.4. The van der Waals surface area contributed by atoms with Crippen molar-refractivity contribution in [1.82, 2.24) is 4.57 Å². The summed E-state index contributed by atoms with van der Waals surface area (Å²) in [6.07, 6.45) is 0. The van der Waals surface area contributed by atoms with Crippen molar-refractivity contribution >= 4 is 38.9 Å². The number of hydrogen-bond donors (Lipinski definition) is 0. The number of para-hydroxylation sites is 2. The Hall–Kier alpha value is -8.20. The molecule has 0 N–H and O–H groups in total. The third kappa shape index (κ3) is 4.91. The molecular formula is C64H44N2. The van der Waals surface area contributed by atoms with Gasteiger partial charge in [-0.25, -0.2) is 0 Å². The van der Waals surface area contributed by atoms with Gasteiger partial charge in [0.05, 0.1) is 22.1 Å². The molecule has 10 aromatic carbocycles. The molecule has 14 rings (SSSR count). The summed E-state index contributed by atoms with van der Waals surface area (Å²) < 4.78 is 2.41. The smallest absolute Gasteiger partial charge is 0.0726 e. The van der Waals surface area contributed by atoms with Crippen LogP contribution in [0.4, 0.5) is 17.1 Å². The lowest BCUT2D eigenvalue weighted by atomic mass is 9.70. The molecule has 3 aliphatic carbocycles. The van der Waals surface area contributed by atoms with Gasteiger partial charge in [0.25, 0.3) is 0 Å². The van der Waals surface area contributed by atoms with Gasteiger partial charge in [-0.2, -0.15) is 0 Å². The topological polar surface area (TPSA) is 8.17 Å². The normalized spacial score (nSPS) is 14.2. The van der Waals surface area contributed by atoms with Gasteiger partial charge in [-0.05, 0) is 127 Å². The van der Waals surface area contributed by atoms with Crippen LogP contribution in [0.15, 0.2) is 231 Å². The first-order valence-electron chi connectivity index (χ1n) is 23.2. The van der Waals surface area contributed by atoms with Crippen LogP contribution in [0.5, 0.6) is 0 Å². The number of nitrogens with zero attached hydrogens (tertiary/aromatic N) is 2. The van der Waals surface area contributed by atoms with Gasteiger partial charge in [0.1, 0.15) is 0 Å². The van der Waals surface area contributed by atoms with E-state index in [2.05, 4.69) is 254 Å². The van der Waals surface area contributed by atoms with E-state index in [0.717, 1.165) is 22.6 Å². The highest BCUT2D eigenvalue weighted by Gasteiger charge is 2.52. The summed E-state index contributed by atoms with van der Waals surface area (Å²) in [7, 11) is 0. The predicted octanol–water partition coefficient (Wildman–Crippen LogP) is 16.6. The summed E-state index contributed by atoms with van der Waals surface area (Å²) in [5, 5.41) is 2.53. The molecule has 0 unspecified atom stereocenters. The standard InChI is InChI=1S/C64H44N2/c1-63(2)53-28-9-3-22-46(53)49-37-36-45(40-58(49)63)65(43-20-15-18-41(38-43)42-19-16-21-44(39-42)66-59-33-13-7-25-50(59)51-26-8-14-34-60(51)66)61-35-17-32-57-62(61)52-27-6-12-31-56(52)64(57)54-29-10-4-23-47(54)48-24-5-11-30-55(48)64/h3-40H,1-2H3. The van der Waals surface area contributed by atoms with Gasteiger partial charge in [-0.1, -0.05) is 190 Å². The molecule has 66 heavy (non-hydrogen) atoms. The van der Waals surface area contributed by atoms with Crippen LogP contribution < -0.4 is 4.90 Å². The van der Waals surface area contributed by atoms with Crippen molar-refractivity contribution in [3.8, 4) is 50.2 Å². The summed E-state index contributed by atoms with van der Waals surface area (Å²) >= 11 is 0. The van der Waals surface area contributed by atoms with Crippen molar-refractivity contribution in [3.05, 3.63) is 264 Å². The molecule has 1 aromatic heterocycles. The van der Waals surface area contributed by atoms with Crippen LogP contribution in [-0.2, 0) is 10.8 Å². The van der Waals surface area contributed by atoms with Crippen LogP contribution in [0, 0.1) is 0 Å². The van der Waals surface area contributed by atoms with Crippen molar-refractivity contribution in [1.29, 1.82) is 0 Å². The van der Waals surface area contributed by atoms with Crippen molar-refractivity contribution in [2.75, 3.05) is 4.90 Å². The maximum atomic E-state index is 2.54. The second-order valence-corrected chi connectivity index (χ2v) is 18.8. The molecule has 0 aliphatic heterocycles. The lowest BCUT2D eigenvalue weighted by Gasteiger charge is -2.32. The Morgan fingerprint density at radius 3 is 1.52 bits per heavy atom. The highest BCUT2D eigenvalue weighted by Crippen LogP contribution is 2.65. The number of benzene rings is 10. The van der Waals surface area contributed by atoms with Crippen molar-refractivity contribution in [2.24, 2.45) is 0 Å². The van der Waals surface area contributed by atoms with E-state index in [1.54, 1.807) is 0 Å². The zero-order valence-electron chi connectivity index (χ0n) is 36.8. The fourth-order valence-corrected chi connectivity index (χ4v) is 12.4. The van der Waals surface area contributed by atoms with Crippen LogP contribution in [0.1, 0.15) is 47.2 Å². The number of anilines is 3. The van der Waals surface area contributed by atoms with Crippen molar-refractivity contribution in [2.45, 2.75) is 24.7 Å². The van der Waals surface area contributed by atoms with E-state index in [1.165, 1.54) is 99.8 Å². The van der Waals surface area contributed by atoms with Crippen LogP contribution in [0.25, 0.3) is 72.0 Å². The zero-order valence-corrected chi connectivity index (χ0v) is 36.8. The van der Waals surface area contributed by atoms with E-state index in [1.807, 2.05) is 0 Å². The molecule has 310 valence electrons. The van der Waals surface area contributed by atoms with E-state index in [4.69, 9.17) is 0 Å². The molecule has 1 spiro atoms. The van der Waals surface area contributed by atoms with Crippen molar-refractivity contribution in [3.63, 3.8) is 0 Å². The molecule has 2 heteroatoms. The predicted molar refractivity (Wildman–Crippen MR) is 275 cm³/mol. The average molecular weight is 841 g/mol. The van der Waals surface area contributed by atoms with Crippen LogP contribution in [0.3, 0.4) is 0 Å². The first-order valence-corrected chi connectivity index (χ1v) is 23.2. The van der Waals surface area contributed by atoms with Crippen molar-refractivity contribution < 1.29 is 0 Å². The molecule has 0 atom stereocenters. The SMILES string of the molecule is CC1(C)c2ccccc2-c2ccc(N(c3cccc(-c4cccc(-n5c6ccccc6c6ccccc65)c4)c3)c3cccc4c3-c3ccccc3C43c4ccccc4-c4ccccc43)cc21. The van der Waals surface area contributed by atoms with Gasteiger partial charge in [-0.3, -0.25) is 0 Å². The summed E-state index contributed by atoms with van der Waals surface area (Å²) in [4.78, 5) is 2.54. The molecule has 0 saturated heterocycles. The Kier molecular flexibility index (Phi) is 7.70. The minimum atomic E-state index is -0.447. The molecule has 0 fully saturated rings. The van der Waals surface area contributed by atoms with Gasteiger partial charge in [0, 0.05) is 38.8 Å². The van der Waals surface area contributed by atoms with Gasteiger partial charge >= 0.3 is 0 Å². The average Bonchev–Trinajstić information content (AvgIpc) is 4.05. The van der Waals surface area contributed by atoms with Gasteiger partial charge in [0.2, 0.25) is 0 Å². The van der Waals surface area contributed by atoms with E-state index in [0.29, 0.717) is 0 Å². The number of aromatic nitrogens is 1. The summed E-state index contributed by atoms with van der Waals surface area (Å²) in [6, 6.07) is 86.3. The Morgan fingerprint density at radius 1 is 0.348 bits per heavy atom. The maximum absolute atomic E-state index is 2.54. The lowest BCUT2D eigenvalue weighted by Crippen LogP contribution is -2.26. The molecule has 3 aliphatic rings. The van der Waals surface area contributed by atoms with E-state index in [9.17, 15) is 0 Å². The molecule has 0 saturated carbocycles. The molecule has 1 heterocycles. The van der Waals surface area contributed by atoms with E-state index in [-0.39, 0.29) is 5.41 Å². The third-order valence-electron chi connectivity index (χ3n) is 15.2. The van der Waals surface area contributed by atoms with E-state index >= 15 is 0 Å². The van der Waals surface area contributed by atoms with Crippen LogP contribution in [-0.4, -0.2) is 4.57 Å². The molecule has 0 bridgehead atoms. The Morgan fingerprint density at radius 2 is 0.833 bits per heavy atom. The number of hydrogen-bond acceptors (Lipinski definition) is 1. The zero-order chi connectivity index (χ0) is 43.7. The van der Waals surface area contributed by atoms with Crippen LogP contribution in [0.2, 0.25) is 0 Å². The van der Waals surface area contributed by atoms with Gasteiger partial charge in [-0.15, -0.1) is 0 Å². The first-order chi connectivity index (χ1) is 32.5. The molecule has 2 nitrogen and oxygen atoms in total. The fraction of sp³-hybridized carbons (Fsp3) is 0.0625. The third-order valence-corrected chi connectivity index (χ3v) is 15.2. The Bertz CT molecular complexity index is 3730. The lowest BCUT2D eigenvalue weighted by molar-refractivity contribution is 0.660. The molecular weight excluding hydrogens is 797 g/mol. The Balaban J connectivity index is 1.00. The van der Waals surface area contributed by atoms with Gasteiger partial charge < -0.3 is 9.47 Å². The maximum Gasteiger partial charge on any atom is 0.0726 e.